The molecule has 0 saturated carbocycles. The van der Waals surface area contributed by atoms with E-state index in [1.54, 1.807) is 7.11 Å². The molecule has 4 heterocycles. The van der Waals surface area contributed by atoms with Crippen LogP contribution in [0.25, 0.3) is 0 Å². The Morgan fingerprint density at radius 1 is 0.810 bits per heavy atom. The molecule has 6 bridgehead atoms. The lowest BCUT2D eigenvalue weighted by Gasteiger charge is -2.36. The minimum Gasteiger partial charge on any atom is -0.493 e. The highest BCUT2D eigenvalue weighted by Crippen LogP contribution is 2.51. The van der Waals surface area contributed by atoms with Gasteiger partial charge in [-0.15, -0.1) is 0 Å². The number of fused-ring (bicyclic) bond motifs is 7. The Morgan fingerprint density at radius 3 is 2.55 bits per heavy atom. The molecule has 1 unspecified atom stereocenters. The lowest BCUT2D eigenvalue weighted by Crippen LogP contribution is -2.40. The van der Waals surface area contributed by atoms with Crippen LogP contribution in [-0.2, 0) is 19.3 Å². The number of hydrogen-bond donors (Lipinski definition) is 0. The quantitative estimate of drug-likeness (QED) is 0.367. The fraction of sp³-hybridized carbons (Fsp3) is 0.371. The van der Waals surface area contributed by atoms with E-state index in [1.807, 2.05) is 12.1 Å². The van der Waals surface area contributed by atoms with Crippen LogP contribution in [0.1, 0.15) is 34.7 Å². The molecule has 4 aliphatic heterocycles. The Kier molecular flexibility index (Phi) is 6.19. The summed E-state index contributed by atoms with van der Waals surface area (Å²) in [5.74, 6) is 4.61. The van der Waals surface area contributed by atoms with Gasteiger partial charge in [-0.3, -0.25) is 9.80 Å². The Labute approximate surface area is 246 Å². The van der Waals surface area contributed by atoms with Crippen LogP contribution in [0.3, 0.4) is 0 Å². The van der Waals surface area contributed by atoms with Crippen molar-refractivity contribution in [3.05, 3.63) is 94.1 Å². The number of hydrogen-bond acceptors (Lipinski definition) is 7. The summed E-state index contributed by atoms with van der Waals surface area (Å²) >= 11 is 0. The van der Waals surface area contributed by atoms with Gasteiger partial charge in [0, 0.05) is 30.7 Å². The highest BCUT2D eigenvalue weighted by molar-refractivity contribution is 5.63. The van der Waals surface area contributed by atoms with Gasteiger partial charge in [0.15, 0.2) is 23.0 Å². The van der Waals surface area contributed by atoms with Crippen LogP contribution in [0.2, 0.25) is 0 Å². The molecule has 7 nitrogen and oxygen atoms in total. The second-order valence-corrected chi connectivity index (χ2v) is 12.0. The first-order valence-corrected chi connectivity index (χ1v) is 14.9. The van der Waals surface area contributed by atoms with E-state index < -0.39 is 0 Å². The minimum atomic E-state index is -0.162. The van der Waals surface area contributed by atoms with Crippen molar-refractivity contribution >= 4 is 0 Å². The van der Waals surface area contributed by atoms with Crippen molar-refractivity contribution < 1.29 is 23.7 Å². The number of likely N-dealkylation sites (N-methyl/N-ethyl adjacent to an activating group) is 2. The number of ether oxygens (including phenoxy) is 5. The third-order valence-corrected chi connectivity index (χ3v) is 9.51. The molecule has 3 aromatic rings. The zero-order valence-electron chi connectivity index (χ0n) is 24.4. The van der Waals surface area contributed by atoms with Gasteiger partial charge in [0.25, 0.3) is 0 Å². The first-order chi connectivity index (χ1) is 20.5. The lowest BCUT2D eigenvalue weighted by atomic mass is 9.87. The fourth-order valence-corrected chi connectivity index (χ4v) is 7.27. The average molecular weight is 565 g/mol. The molecule has 7 heteroatoms. The van der Waals surface area contributed by atoms with Crippen molar-refractivity contribution in [2.24, 2.45) is 0 Å². The number of likely N-dealkylation sites (tertiary alicyclic amines) is 1. The highest BCUT2D eigenvalue weighted by Gasteiger charge is 2.37. The van der Waals surface area contributed by atoms with Gasteiger partial charge in [0.05, 0.1) is 7.11 Å². The standard InChI is InChI=1S/C35H36N2O5/c1-36-11-9-23-17-26-19-27(23)28(36)14-22-7-8-30(38-3)31(16-22)41-25-6-4-5-21(13-25)15-29-33-24(10-12-37(29)2)18-32-34(35(33)42-26)40-20-39-32/h4-8,13,16-19,26,28-29H,9-12,14-15,20H2,1-3H3/t26?,28-,29+/m1/s1. The third-order valence-electron chi connectivity index (χ3n) is 9.51. The van der Waals surface area contributed by atoms with E-state index in [1.165, 1.54) is 33.4 Å². The van der Waals surface area contributed by atoms with Gasteiger partial charge in [-0.1, -0.05) is 18.2 Å². The Hall–Kier alpha value is -3.94. The summed E-state index contributed by atoms with van der Waals surface area (Å²) in [6.45, 7) is 2.19. The van der Waals surface area contributed by atoms with E-state index in [0.29, 0.717) is 0 Å². The van der Waals surface area contributed by atoms with Crippen LogP contribution in [0, 0.1) is 0 Å². The van der Waals surface area contributed by atoms with Gasteiger partial charge in [-0.25, -0.2) is 0 Å². The molecule has 0 aromatic heterocycles. The van der Waals surface area contributed by atoms with E-state index >= 15 is 0 Å². The van der Waals surface area contributed by atoms with Gasteiger partial charge in [0.1, 0.15) is 11.9 Å². The van der Waals surface area contributed by atoms with Gasteiger partial charge in [-0.05, 0) is 110 Å². The summed E-state index contributed by atoms with van der Waals surface area (Å²) in [4.78, 5) is 4.89. The number of nitrogens with zero attached hydrogens (tertiary/aromatic N) is 2. The number of piperidine rings is 1. The van der Waals surface area contributed by atoms with Gasteiger partial charge in [0.2, 0.25) is 12.5 Å². The molecule has 8 rings (SSSR count). The van der Waals surface area contributed by atoms with Crippen LogP contribution in [0.4, 0.5) is 0 Å². The molecule has 0 amide bonds. The predicted molar refractivity (Wildman–Crippen MR) is 160 cm³/mol. The summed E-state index contributed by atoms with van der Waals surface area (Å²) < 4.78 is 31.2. The molecule has 0 spiro atoms. The van der Waals surface area contributed by atoms with Crippen LogP contribution in [0.5, 0.6) is 34.5 Å². The van der Waals surface area contributed by atoms with E-state index in [2.05, 4.69) is 72.4 Å². The molecule has 216 valence electrons. The molecule has 0 radical (unpaired) electrons. The number of rotatable bonds is 1. The summed E-state index contributed by atoms with van der Waals surface area (Å²) in [6.07, 6.45) is 8.11. The molecule has 1 fully saturated rings. The lowest BCUT2D eigenvalue weighted by molar-refractivity contribution is 0.167. The molecular formula is C35H36N2O5. The number of benzene rings is 3. The van der Waals surface area contributed by atoms with Crippen molar-refractivity contribution in [1.29, 1.82) is 0 Å². The van der Waals surface area contributed by atoms with Gasteiger partial charge < -0.3 is 23.7 Å². The first-order valence-electron chi connectivity index (χ1n) is 14.9. The second-order valence-electron chi connectivity index (χ2n) is 12.0. The van der Waals surface area contributed by atoms with Crippen molar-refractivity contribution in [1.82, 2.24) is 9.80 Å². The zero-order valence-corrected chi connectivity index (χ0v) is 24.4. The maximum Gasteiger partial charge on any atom is 0.231 e. The zero-order chi connectivity index (χ0) is 28.4. The van der Waals surface area contributed by atoms with E-state index in [-0.39, 0.29) is 25.0 Å². The molecular weight excluding hydrogens is 528 g/mol. The van der Waals surface area contributed by atoms with Crippen LogP contribution in [0.15, 0.2) is 71.8 Å². The van der Waals surface area contributed by atoms with Gasteiger partial charge in [-0.2, -0.15) is 0 Å². The van der Waals surface area contributed by atoms with Crippen molar-refractivity contribution in [3.63, 3.8) is 0 Å². The normalized spacial score (nSPS) is 24.5. The summed E-state index contributed by atoms with van der Waals surface area (Å²) in [6, 6.07) is 17.3. The monoisotopic (exact) mass is 564 g/mol. The maximum atomic E-state index is 6.98. The summed E-state index contributed by atoms with van der Waals surface area (Å²) in [5, 5.41) is 0. The van der Waals surface area contributed by atoms with Crippen molar-refractivity contribution in [2.75, 3.05) is 41.1 Å². The van der Waals surface area contributed by atoms with E-state index in [0.717, 1.165) is 73.3 Å². The largest absolute Gasteiger partial charge is 0.493 e. The molecule has 3 aromatic carbocycles. The Balaban J connectivity index is 1.30. The fourth-order valence-electron chi connectivity index (χ4n) is 7.27. The SMILES string of the molecule is COc1ccc2cc1Oc1cccc(c1)C[C@H]1c3c(cc4c(c3OC3C=C5CCN(C)[C@H](C2)C5=C3)OCO4)CCN1C. The number of methoxy groups -OCH3 is 1. The summed E-state index contributed by atoms with van der Waals surface area (Å²) in [5.41, 5.74) is 7.63. The van der Waals surface area contributed by atoms with Crippen molar-refractivity contribution in [2.45, 2.75) is 43.9 Å². The molecule has 0 N–H and O–H groups in total. The van der Waals surface area contributed by atoms with Gasteiger partial charge >= 0.3 is 0 Å². The van der Waals surface area contributed by atoms with E-state index in [9.17, 15) is 0 Å². The van der Waals surface area contributed by atoms with Crippen LogP contribution < -0.4 is 23.7 Å². The van der Waals surface area contributed by atoms with Crippen molar-refractivity contribution in [3.8, 4) is 34.5 Å². The Bertz CT molecular complexity index is 1630. The Morgan fingerprint density at radius 2 is 1.64 bits per heavy atom. The second kappa shape index (κ2) is 10.1. The molecule has 5 aliphatic rings. The highest BCUT2D eigenvalue weighted by atomic mass is 16.7. The predicted octanol–water partition coefficient (Wildman–Crippen LogP) is 5.86. The average Bonchev–Trinajstić information content (AvgIpc) is 3.63. The maximum absolute atomic E-state index is 6.98. The topological polar surface area (TPSA) is 52.6 Å². The molecule has 42 heavy (non-hydrogen) atoms. The summed E-state index contributed by atoms with van der Waals surface area (Å²) in [7, 11) is 6.12. The molecule has 1 saturated heterocycles. The minimum absolute atomic E-state index is 0.116. The van der Waals surface area contributed by atoms with E-state index in [4.69, 9.17) is 23.7 Å². The van der Waals surface area contributed by atoms with Crippen LogP contribution >= 0.6 is 0 Å². The molecule has 3 atom stereocenters. The first kappa shape index (κ1) is 25.7. The third kappa shape index (κ3) is 4.34. The molecule has 1 aliphatic carbocycles. The van der Waals surface area contributed by atoms with Crippen LogP contribution in [-0.4, -0.2) is 63.0 Å². The smallest absolute Gasteiger partial charge is 0.231 e.